The molecule has 3 heterocycles. The number of benzene rings is 8. The van der Waals surface area contributed by atoms with E-state index in [-0.39, 0.29) is 49.0 Å². The van der Waals surface area contributed by atoms with Crippen molar-refractivity contribution in [3.8, 4) is 62.1 Å². The second-order valence-electron chi connectivity index (χ2n) is 15.1. The number of hydrogen-bond donors (Lipinski definition) is 0. The van der Waals surface area contributed by atoms with E-state index in [0.29, 0.717) is 34.1 Å². The smallest absolute Gasteiger partial charge is 0.268 e. The third kappa shape index (κ3) is 7.35. The van der Waals surface area contributed by atoms with Crippen molar-refractivity contribution in [2.45, 2.75) is 19.8 Å². The van der Waals surface area contributed by atoms with Crippen molar-refractivity contribution in [2.24, 2.45) is 0 Å². The summed E-state index contributed by atoms with van der Waals surface area (Å²) in [5.41, 5.74) is 6.34. The van der Waals surface area contributed by atoms with Gasteiger partial charge in [0, 0.05) is 44.3 Å². The molecule has 0 fully saturated rings. The Labute approximate surface area is 395 Å². The minimum absolute atomic E-state index is 0. The molecular formula is C57H40N4OPt-2. The average Bonchev–Trinajstić information content (AvgIpc) is 3.94. The first-order valence-corrected chi connectivity index (χ1v) is 20.2. The molecule has 0 atom stereocenters. The molecule has 0 saturated carbocycles. The number of nitrogens with zero attached hydrogens (tertiary/aromatic N) is 4. The molecule has 11 aromatic rings. The van der Waals surface area contributed by atoms with Gasteiger partial charge in [0.25, 0.3) is 6.33 Å². The molecular weight excluding hydrogens is 952 g/mol. The van der Waals surface area contributed by atoms with E-state index in [1.807, 2.05) is 97.2 Å². The molecule has 0 aliphatic rings. The molecule has 0 N–H and O–H groups in total. The van der Waals surface area contributed by atoms with E-state index in [9.17, 15) is 0 Å². The summed E-state index contributed by atoms with van der Waals surface area (Å²) >= 11 is 0. The van der Waals surface area contributed by atoms with Crippen molar-refractivity contribution in [1.82, 2.24) is 14.1 Å². The number of pyridine rings is 1. The molecule has 8 aromatic carbocycles. The molecule has 306 valence electrons. The van der Waals surface area contributed by atoms with Crippen LogP contribution in [-0.2, 0) is 21.1 Å². The Balaban J connectivity index is 0.00000611. The van der Waals surface area contributed by atoms with Gasteiger partial charge in [-0.3, -0.25) is 4.57 Å². The van der Waals surface area contributed by atoms with Gasteiger partial charge in [0.1, 0.15) is 5.82 Å². The monoisotopic (exact) mass is 1000 g/mol. The topological polar surface area (TPSA) is 35.9 Å². The van der Waals surface area contributed by atoms with Gasteiger partial charge in [-0.15, -0.1) is 29.7 Å². The second-order valence-corrected chi connectivity index (χ2v) is 15.1. The van der Waals surface area contributed by atoms with Crippen LogP contribution in [0.15, 0.2) is 200 Å². The molecule has 0 amide bonds. The maximum Gasteiger partial charge on any atom is 0.268 e. The quantitative estimate of drug-likeness (QED) is 0.107. The Hall–Kier alpha value is -7.33. The first-order valence-electron chi connectivity index (χ1n) is 25.2. The second kappa shape index (κ2) is 16.9. The minimum Gasteiger partial charge on any atom is -0.510 e. The first kappa shape index (κ1) is 29.8. The zero-order chi connectivity index (χ0) is 50.3. The predicted octanol–water partition coefficient (Wildman–Crippen LogP) is 13.7. The Morgan fingerprint density at radius 3 is 2.05 bits per heavy atom. The number of fused-ring (bicyclic) bond motifs is 4. The Bertz CT molecular complexity index is 3880. The SMILES string of the molecule is [2H]c1c([2H])c([2H])c(-c2cccc(-c3c([2H])c([2H])c([2H])c([2H])c3[2H])c2-[n+]2[c-]n(-c3[c-]c(Oc4[c-]c5c(cc4)c4ccccc4n5-c4cc(C(C)C)ccn4)ccc3)c3ccc(-c4ccccc4)cc32)c([2H])c1[2H].[Pt]. The fraction of sp³-hybridized carbons (Fsp3) is 0.0526. The van der Waals surface area contributed by atoms with Crippen LogP contribution in [0.5, 0.6) is 11.5 Å². The van der Waals surface area contributed by atoms with Crippen molar-refractivity contribution in [3.63, 3.8) is 0 Å². The predicted molar refractivity (Wildman–Crippen MR) is 250 cm³/mol. The molecule has 3 aromatic heterocycles. The van der Waals surface area contributed by atoms with E-state index < -0.39 is 60.4 Å². The molecule has 0 spiro atoms. The van der Waals surface area contributed by atoms with Crippen LogP contribution in [0.1, 0.15) is 39.0 Å². The number of ether oxygens (including phenoxy) is 1. The molecule has 0 unspecified atom stereocenters. The maximum absolute atomic E-state index is 9.12. The first-order chi connectivity index (χ1) is 34.7. The van der Waals surface area contributed by atoms with Crippen LogP contribution in [0.2, 0.25) is 0 Å². The van der Waals surface area contributed by atoms with E-state index in [1.165, 1.54) is 0 Å². The third-order valence-corrected chi connectivity index (χ3v) is 11.0. The van der Waals surface area contributed by atoms with Gasteiger partial charge in [-0.1, -0.05) is 159 Å². The summed E-state index contributed by atoms with van der Waals surface area (Å²) < 4.78 is 100.0. The van der Waals surface area contributed by atoms with Crippen LogP contribution in [0, 0.1) is 18.5 Å². The molecule has 63 heavy (non-hydrogen) atoms. The largest absolute Gasteiger partial charge is 0.510 e. The molecule has 0 saturated heterocycles. The van der Waals surface area contributed by atoms with E-state index in [2.05, 4.69) is 55.1 Å². The summed E-state index contributed by atoms with van der Waals surface area (Å²) in [5.74, 6) is 1.84. The third-order valence-electron chi connectivity index (χ3n) is 11.0. The zero-order valence-corrected chi connectivity index (χ0v) is 36.1. The molecule has 5 nitrogen and oxygen atoms in total. The summed E-state index contributed by atoms with van der Waals surface area (Å²) in [7, 11) is 0. The van der Waals surface area contributed by atoms with Gasteiger partial charge < -0.3 is 13.9 Å². The van der Waals surface area contributed by atoms with Gasteiger partial charge in [-0.25, -0.2) is 4.98 Å². The van der Waals surface area contributed by atoms with Crippen LogP contribution < -0.4 is 9.30 Å². The molecule has 0 bridgehead atoms. The number of rotatable bonds is 9. The van der Waals surface area contributed by atoms with Crippen LogP contribution in [-0.4, -0.2) is 14.1 Å². The van der Waals surface area contributed by atoms with Gasteiger partial charge in [0.2, 0.25) is 0 Å². The Morgan fingerprint density at radius 2 is 1.30 bits per heavy atom. The number of imidazole rings is 1. The van der Waals surface area contributed by atoms with E-state index in [1.54, 1.807) is 33.4 Å². The van der Waals surface area contributed by atoms with Crippen LogP contribution >= 0.6 is 0 Å². The maximum atomic E-state index is 9.12. The van der Waals surface area contributed by atoms with Gasteiger partial charge in [0.15, 0.2) is 0 Å². The van der Waals surface area contributed by atoms with Gasteiger partial charge in [-0.05, 0) is 80.2 Å². The minimum atomic E-state index is -0.577. The Morgan fingerprint density at radius 1 is 0.603 bits per heavy atom. The average molecular weight is 1000 g/mol. The molecule has 6 heteroatoms. The standard InChI is InChI=1S/C57H40N4O.Pt/c1-39(2)43-32-33-58-56(35-43)61-52-27-13-12-24-50(52)51-30-29-47(37-54(51)61)62-46-23-14-22-45(36-46)59-38-60(55-34-44(28-31-53(55)59)40-16-6-3-7-17-40)57-48(41-18-8-4-9-19-41)25-15-26-49(57)42-20-10-5-11-21-42;/h3-35,39H,1-2H3;/q-2;/i4D,5D,8D,9D,10D,11D,18D,19D,20D,21D;. The molecule has 0 aliphatic heterocycles. The van der Waals surface area contributed by atoms with Crippen LogP contribution in [0.4, 0.5) is 0 Å². The van der Waals surface area contributed by atoms with Crippen LogP contribution in [0.3, 0.4) is 0 Å². The summed E-state index contributed by atoms with van der Waals surface area (Å²) in [5, 5.41) is 2.02. The number of para-hydroxylation sites is 2. The zero-order valence-electron chi connectivity index (χ0n) is 43.9. The van der Waals surface area contributed by atoms with E-state index >= 15 is 0 Å². The van der Waals surface area contributed by atoms with Crippen molar-refractivity contribution in [2.75, 3.05) is 0 Å². The normalized spacial score (nSPS) is 13.6. The summed E-state index contributed by atoms with van der Waals surface area (Å²) in [6, 6.07) is 43.4. The fourth-order valence-electron chi connectivity index (χ4n) is 8.05. The summed E-state index contributed by atoms with van der Waals surface area (Å²) in [6.07, 6.45) is 5.30. The van der Waals surface area contributed by atoms with Crippen molar-refractivity contribution in [1.29, 1.82) is 0 Å². The van der Waals surface area contributed by atoms with E-state index in [0.717, 1.165) is 44.3 Å². The Kier molecular flexibility index (Phi) is 7.98. The summed E-state index contributed by atoms with van der Waals surface area (Å²) in [6.45, 7) is 4.30. The van der Waals surface area contributed by atoms with E-state index in [4.69, 9.17) is 23.4 Å². The summed E-state index contributed by atoms with van der Waals surface area (Å²) in [4.78, 5) is 4.78. The molecule has 0 radical (unpaired) electrons. The van der Waals surface area contributed by atoms with Crippen LogP contribution in [0.25, 0.3) is 83.4 Å². The molecule has 11 rings (SSSR count). The van der Waals surface area contributed by atoms with Crippen molar-refractivity contribution in [3.05, 3.63) is 224 Å². The van der Waals surface area contributed by atoms with Gasteiger partial charge in [-0.2, -0.15) is 18.2 Å². The number of aromatic nitrogens is 4. The van der Waals surface area contributed by atoms with Crippen molar-refractivity contribution < 1.29 is 44.1 Å². The number of hydrogen-bond acceptors (Lipinski definition) is 2. The van der Waals surface area contributed by atoms with Gasteiger partial charge >= 0.3 is 0 Å². The molecule has 0 aliphatic carbocycles. The fourth-order valence-corrected chi connectivity index (χ4v) is 8.05. The van der Waals surface area contributed by atoms with Gasteiger partial charge in [0.05, 0.1) is 30.4 Å². The van der Waals surface area contributed by atoms with Crippen molar-refractivity contribution >= 4 is 32.8 Å².